The van der Waals surface area contributed by atoms with Crippen LogP contribution in [0.4, 0.5) is 4.79 Å². The average molecular weight is 187 g/mol. The molecule has 0 aromatic rings. The molecule has 0 radical (unpaired) electrons. The zero-order chi connectivity index (χ0) is 9.84. The third kappa shape index (κ3) is 2.59. The number of carbonyl (C=O) groups excluding carboxylic acids is 1. The van der Waals surface area contributed by atoms with E-state index in [-0.39, 0.29) is 12.6 Å². The Labute approximate surface area is 75.7 Å². The second-order valence-corrected chi connectivity index (χ2v) is 2.97. The molecule has 0 saturated carbocycles. The van der Waals surface area contributed by atoms with E-state index in [1.807, 2.05) is 0 Å². The van der Waals surface area contributed by atoms with Gasteiger partial charge < -0.3 is 21.1 Å². The summed E-state index contributed by atoms with van der Waals surface area (Å²) >= 11 is 0. The van der Waals surface area contributed by atoms with Gasteiger partial charge >= 0.3 is 12.0 Å². The van der Waals surface area contributed by atoms with E-state index in [0.717, 1.165) is 19.5 Å². The fourth-order valence-electron chi connectivity index (χ4n) is 0.916. The van der Waals surface area contributed by atoms with Crippen molar-refractivity contribution in [2.24, 2.45) is 5.73 Å². The first kappa shape index (κ1) is 9.79. The lowest BCUT2D eigenvalue weighted by Gasteiger charge is -2.31. The molecule has 1 fully saturated rings. The molecule has 13 heavy (non-hydrogen) atoms. The van der Waals surface area contributed by atoms with Gasteiger partial charge in [0.05, 0.1) is 0 Å². The van der Waals surface area contributed by atoms with Crippen LogP contribution in [0.2, 0.25) is 0 Å². The first-order valence-electron chi connectivity index (χ1n) is 4.12. The van der Waals surface area contributed by atoms with Crippen molar-refractivity contribution < 1.29 is 14.7 Å². The first-order chi connectivity index (χ1) is 6.11. The number of likely N-dealkylation sites (tertiary alicyclic amines) is 1. The maximum atomic E-state index is 11.1. The Morgan fingerprint density at radius 3 is 2.54 bits per heavy atom. The molecule has 0 bridgehead atoms. The summed E-state index contributed by atoms with van der Waals surface area (Å²) in [6.07, 6.45) is 1.01. The summed E-state index contributed by atoms with van der Waals surface area (Å²) in [6, 6.07) is -1.26. The van der Waals surface area contributed by atoms with Crippen LogP contribution >= 0.6 is 0 Å². The highest BCUT2D eigenvalue weighted by atomic mass is 16.4. The first-order valence-corrected chi connectivity index (χ1v) is 4.12. The molecule has 1 aliphatic heterocycles. The number of carboxylic acids is 1. The molecular formula is C7H13N3O3. The van der Waals surface area contributed by atoms with Crippen molar-refractivity contribution in [3.63, 3.8) is 0 Å². The van der Waals surface area contributed by atoms with Crippen molar-refractivity contribution in [3.05, 3.63) is 0 Å². The van der Waals surface area contributed by atoms with Crippen molar-refractivity contribution in [2.75, 3.05) is 19.6 Å². The molecule has 0 aromatic carbocycles. The highest BCUT2D eigenvalue weighted by Crippen LogP contribution is 2.04. The minimum absolute atomic E-state index is 0.0231. The third-order valence-corrected chi connectivity index (χ3v) is 1.93. The summed E-state index contributed by atoms with van der Waals surface area (Å²) in [5, 5.41) is 10.9. The van der Waals surface area contributed by atoms with E-state index in [9.17, 15) is 9.59 Å². The van der Waals surface area contributed by atoms with E-state index in [1.54, 1.807) is 4.90 Å². The van der Waals surface area contributed by atoms with Gasteiger partial charge in [-0.1, -0.05) is 0 Å². The topological polar surface area (TPSA) is 95.7 Å². The fraction of sp³-hybridized carbons (Fsp3) is 0.714. The average Bonchev–Trinajstić information content (AvgIpc) is 1.96. The standard InChI is InChI=1S/C7H13N3O3/c8-5(6(11)12)4-9-7(13)10-2-1-3-10/h5H,1-4,8H2,(H,9,13)(H,11,12). The van der Waals surface area contributed by atoms with E-state index >= 15 is 0 Å². The molecule has 1 aliphatic rings. The van der Waals surface area contributed by atoms with Crippen LogP contribution in [-0.2, 0) is 4.79 Å². The van der Waals surface area contributed by atoms with Gasteiger partial charge in [0.15, 0.2) is 0 Å². The predicted molar refractivity (Wildman–Crippen MR) is 45.2 cm³/mol. The van der Waals surface area contributed by atoms with Gasteiger partial charge in [0, 0.05) is 19.6 Å². The SMILES string of the molecule is NC(CNC(=O)N1CCC1)C(=O)O. The Morgan fingerprint density at radius 2 is 2.15 bits per heavy atom. The van der Waals surface area contributed by atoms with E-state index in [1.165, 1.54) is 0 Å². The zero-order valence-corrected chi connectivity index (χ0v) is 7.19. The number of nitrogens with zero attached hydrogens (tertiary/aromatic N) is 1. The Kier molecular flexibility index (Phi) is 3.07. The minimum atomic E-state index is -1.11. The van der Waals surface area contributed by atoms with Crippen LogP contribution < -0.4 is 11.1 Å². The molecule has 0 aliphatic carbocycles. The second-order valence-electron chi connectivity index (χ2n) is 2.97. The van der Waals surface area contributed by atoms with Crippen LogP contribution in [0.1, 0.15) is 6.42 Å². The van der Waals surface area contributed by atoms with E-state index < -0.39 is 12.0 Å². The predicted octanol–water partition coefficient (Wildman–Crippen LogP) is -1.19. The number of urea groups is 1. The van der Waals surface area contributed by atoms with Crippen LogP contribution in [0.15, 0.2) is 0 Å². The minimum Gasteiger partial charge on any atom is -0.480 e. The smallest absolute Gasteiger partial charge is 0.322 e. The van der Waals surface area contributed by atoms with Crippen LogP contribution in [0.3, 0.4) is 0 Å². The summed E-state index contributed by atoms with van der Waals surface area (Å²) in [5.41, 5.74) is 5.19. The van der Waals surface area contributed by atoms with Crippen LogP contribution in [0.25, 0.3) is 0 Å². The maximum Gasteiger partial charge on any atom is 0.322 e. The number of rotatable bonds is 3. The zero-order valence-electron chi connectivity index (χ0n) is 7.19. The van der Waals surface area contributed by atoms with Crippen LogP contribution in [0.5, 0.6) is 0 Å². The number of carbonyl (C=O) groups is 2. The normalized spacial score (nSPS) is 17.5. The molecule has 6 nitrogen and oxygen atoms in total. The number of aliphatic carboxylic acids is 1. The van der Waals surface area contributed by atoms with Crippen molar-refractivity contribution >= 4 is 12.0 Å². The Bertz CT molecular complexity index is 215. The summed E-state index contributed by atoms with van der Waals surface area (Å²) in [5.74, 6) is -1.11. The van der Waals surface area contributed by atoms with Gasteiger partial charge in [-0.3, -0.25) is 4.79 Å². The molecule has 1 atom stereocenters. The van der Waals surface area contributed by atoms with E-state index in [2.05, 4.69) is 5.32 Å². The van der Waals surface area contributed by atoms with Crippen LogP contribution in [0, 0.1) is 0 Å². The number of nitrogens with two attached hydrogens (primary N) is 1. The molecule has 4 N–H and O–H groups in total. The largest absolute Gasteiger partial charge is 0.480 e. The molecule has 1 unspecified atom stereocenters. The van der Waals surface area contributed by atoms with Gasteiger partial charge in [0.1, 0.15) is 6.04 Å². The molecule has 1 saturated heterocycles. The van der Waals surface area contributed by atoms with E-state index in [0.29, 0.717) is 0 Å². The van der Waals surface area contributed by atoms with Crippen molar-refractivity contribution in [1.82, 2.24) is 10.2 Å². The molecule has 1 rings (SSSR count). The summed E-state index contributed by atoms with van der Waals surface area (Å²) in [7, 11) is 0. The van der Waals surface area contributed by atoms with Gasteiger partial charge in [-0.05, 0) is 6.42 Å². The van der Waals surface area contributed by atoms with Crippen molar-refractivity contribution in [1.29, 1.82) is 0 Å². The molecule has 6 heteroatoms. The molecule has 2 amide bonds. The lowest BCUT2D eigenvalue weighted by molar-refractivity contribution is -0.138. The highest BCUT2D eigenvalue weighted by Gasteiger charge is 2.21. The van der Waals surface area contributed by atoms with E-state index in [4.69, 9.17) is 10.8 Å². The monoisotopic (exact) mass is 187 g/mol. The fourth-order valence-corrected chi connectivity index (χ4v) is 0.916. The summed E-state index contributed by atoms with van der Waals surface area (Å²) < 4.78 is 0. The lowest BCUT2D eigenvalue weighted by Crippen LogP contribution is -2.51. The Hall–Kier alpha value is -1.30. The van der Waals surface area contributed by atoms with Crippen molar-refractivity contribution in [3.8, 4) is 0 Å². The van der Waals surface area contributed by atoms with Gasteiger partial charge in [-0.25, -0.2) is 4.79 Å². The molecule has 1 heterocycles. The summed E-state index contributed by atoms with van der Waals surface area (Å²) in [6.45, 7) is 1.47. The quantitative estimate of drug-likeness (QED) is 0.518. The van der Waals surface area contributed by atoms with Gasteiger partial charge in [0.2, 0.25) is 0 Å². The Morgan fingerprint density at radius 1 is 1.54 bits per heavy atom. The molecule has 0 aromatic heterocycles. The number of hydrogen-bond donors (Lipinski definition) is 3. The summed E-state index contributed by atoms with van der Waals surface area (Å²) in [4.78, 5) is 23.0. The molecule has 0 spiro atoms. The number of amides is 2. The van der Waals surface area contributed by atoms with Crippen LogP contribution in [-0.4, -0.2) is 47.7 Å². The number of carboxylic acid groups (broad SMARTS) is 1. The molecule has 74 valence electrons. The Balaban J connectivity index is 2.17. The lowest BCUT2D eigenvalue weighted by atomic mass is 10.2. The number of hydrogen-bond acceptors (Lipinski definition) is 3. The van der Waals surface area contributed by atoms with Crippen molar-refractivity contribution in [2.45, 2.75) is 12.5 Å². The maximum absolute atomic E-state index is 11.1. The van der Waals surface area contributed by atoms with Gasteiger partial charge in [-0.2, -0.15) is 0 Å². The third-order valence-electron chi connectivity index (χ3n) is 1.93. The number of nitrogens with one attached hydrogen (secondary N) is 1. The molecular weight excluding hydrogens is 174 g/mol. The second kappa shape index (κ2) is 4.08. The van der Waals surface area contributed by atoms with Gasteiger partial charge in [-0.15, -0.1) is 0 Å². The van der Waals surface area contributed by atoms with Gasteiger partial charge in [0.25, 0.3) is 0 Å². The highest BCUT2D eigenvalue weighted by molar-refractivity contribution is 5.77.